The predicted molar refractivity (Wildman–Crippen MR) is 56.6 cm³/mol. The fourth-order valence-corrected chi connectivity index (χ4v) is 1.42. The lowest BCUT2D eigenvalue weighted by atomic mass is 10.2. The van der Waals surface area contributed by atoms with E-state index in [0.717, 1.165) is 5.56 Å². The second kappa shape index (κ2) is 4.09. The highest BCUT2D eigenvalue weighted by molar-refractivity contribution is 5.33. The Morgan fingerprint density at radius 2 is 1.87 bits per heavy atom. The van der Waals surface area contributed by atoms with Crippen LogP contribution < -0.4 is 10.3 Å². The molecule has 0 spiro atoms. The molecule has 3 heteroatoms. The van der Waals surface area contributed by atoms with E-state index in [2.05, 4.69) is 0 Å². The van der Waals surface area contributed by atoms with Crippen LogP contribution >= 0.6 is 0 Å². The summed E-state index contributed by atoms with van der Waals surface area (Å²) in [5.41, 5.74) is 6.97. The van der Waals surface area contributed by atoms with Gasteiger partial charge in [0.25, 0.3) is 0 Å². The molecule has 1 heterocycles. The van der Waals surface area contributed by atoms with E-state index in [1.807, 2.05) is 30.3 Å². The second-order valence-corrected chi connectivity index (χ2v) is 3.40. The van der Waals surface area contributed by atoms with Gasteiger partial charge in [0, 0.05) is 17.3 Å². The van der Waals surface area contributed by atoms with Gasteiger partial charge >= 0.3 is 5.95 Å². The summed E-state index contributed by atoms with van der Waals surface area (Å²) in [6, 6.07) is 12.7. The van der Waals surface area contributed by atoms with Crippen LogP contribution in [0.15, 0.2) is 48.7 Å². The first-order valence-electron chi connectivity index (χ1n) is 4.74. The number of nitrogens with zero attached hydrogens (tertiary/aromatic N) is 1. The van der Waals surface area contributed by atoms with Gasteiger partial charge in [-0.05, 0) is 0 Å². The second-order valence-electron chi connectivity index (χ2n) is 3.40. The van der Waals surface area contributed by atoms with E-state index < -0.39 is 0 Å². The molecule has 0 aliphatic heterocycles. The highest BCUT2D eigenvalue weighted by Crippen LogP contribution is 2.02. The van der Waals surface area contributed by atoms with Gasteiger partial charge in [0.1, 0.15) is 0 Å². The summed E-state index contributed by atoms with van der Waals surface area (Å²) < 4.78 is 14.9. The van der Waals surface area contributed by atoms with Crippen molar-refractivity contribution in [1.82, 2.24) is 0 Å². The van der Waals surface area contributed by atoms with E-state index in [1.54, 1.807) is 12.3 Å². The molecule has 2 aromatic rings. The Morgan fingerprint density at radius 1 is 1.13 bits per heavy atom. The highest BCUT2D eigenvalue weighted by Gasteiger charge is 2.10. The van der Waals surface area contributed by atoms with Crippen LogP contribution in [-0.4, -0.2) is 0 Å². The van der Waals surface area contributed by atoms with Crippen molar-refractivity contribution in [3.05, 3.63) is 60.2 Å². The smallest absolute Gasteiger partial charge is 0.361 e. The van der Waals surface area contributed by atoms with Gasteiger partial charge in [0.15, 0.2) is 12.7 Å². The number of nitrogens with two attached hydrogens (primary N) is 1. The molecule has 15 heavy (non-hydrogen) atoms. The Bertz CT molecular complexity index is 454. The summed E-state index contributed by atoms with van der Waals surface area (Å²) in [6.07, 6.45) is 1.65. The fraction of sp³-hybridized carbons (Fsp3) is 0.0833. The minimum atomic E-state index is -0.321. The number of hydrogen-bond acceptors (Lipinski definition) is 1. The monoisotopic (exact) mass is 203 g/mol. The topological polar surface area (TPSA) is 29.9 Å². The van der Waals surface area contributed by atoms with Crippen molar-refractivity contribution in [3.8, 4) is 0 Å². The zero-order valence-corrected chi connectivity index (χ0v) is 8.23. The van der Waals surface area contributed by atoms with Crippen molar-refractivity contribution >= 4 is 5.69 Å². The number of anilines is 1. The molecule has 0 atom stereocenters. The molecule has 1 aromatic heterocycles. The van der Waals surface area contributed by atoms with Crippen molar-refractivity contribution in [2.75, 3.05) is 5.73 Å². The van der Waals surface area contributed by atoms with Crippen LogP contribution in [0.2, 0.25) is 0 Å². The molecule has 1 aromatic carbocycles. The van der Waals surface area contributed by atoms with Crippen molar-refractivity contribution in [1.29, 1.82) is 0 Å². The number of rotatable bonds is 2. The van der Waals surface area contributed by atoms with Crippen LogP contribution in [0.25, 0.3) is 0 Å². The Hall–Kier alpha value is -1.90. The van der Waals surface area contributed by atoms with E-state index in [-0.39, 0.29) is 5.95 Å². The van der Waals surface area contributed by atoms with Crippen molar-refractivity contribution < 1.29 is 8.96 Å². The first-order chi connectivity index (χ1) is 7.25. The minimum Gasteiger partial charge on any atom is -0.398 e. The molecule has 76 valence electrons. The fourth-order valence-electron chi connectivity index (χ4n) is 1.42. The average molecular weight is 203 g/mol. The van der Waals surface area contributed by atoms with Crippen LogP contribution in [0.4, 0.5) is 10.1 Å². The number of nitrogen functional groups attached to an aromatic ring is 1. The first kappa shape index (κ1) is 9.65. The molecular weight excluding hydrogens is 191 g/mol. The summed E-state index contributed by atoms with van der Waals surface area (Å²) >= 11 is 0. The molecule has 0 unspecified atom stereocenters. The first-order valence-corrected chi connectivity index (χ1v) is 4.74. The van der Waals surface area contributed by atoms with Crippen LogP contribution in [0, 0.1) is 5.95 Å². The molecule has 0 saturated heterocycles. The van der Waals surface area contributed by atoms with Gasteiger partial charge in [-0.1, -0.05) is 30.3 Å². The number of hydrogen-bond donors (Lipinski definition) is 1. The molecule has 2 rings (SSSR count). The van der Waals surface area contributed by atoms with Gasteiger partial charge in [-0.15, -0.1) is 4.39 Å². The van der Waals surface area contributed by atoms with Gasteiger partial charge in [-0.2, -0.15) is 4.57 Å². The van der Waals surface area contributed by atoms with Crippen LogP contribution in [0.1, 0.15) is 5.56 Å². The maximum absolute atomic E-state index is 13.4. The van der Waals surface area contributed by atoms with Crippen molar-refractivity contribution in [2.45, 2.75) is 6.54 Å². The number of benzene rings is 1. The van der Waals surface area contributed by atoms with Gasteiger partial charge < -0.3 is 5.73 Å². The number of halogens is 1. The van der Waals surface area contributed by atoms with E-state index >= 15 is 0 Å². The maximum atomic E-state index is 13.4. The van der Waals surface area contributed by atoms with E-state index in [0.29, 0.717) is 12.2 Å². The molecular formula is C12H12FN2+. The lowest BCUT2D eigenvalue weighted by Crippen LogP contribution is -2.38. The molecule has 0 bridgehead atoms. The summed E-state index contributed by atoms with van der Waals surface area (Å²) in [4.78, 5) is 0. The zero-order valence-electron chi connectivity index (χ0n) is 8.23. The Kier molecular flexibility index (Phi) is 2.63. The van der Waals surface area contributed by atoms with Gasteiger partial charge in [-0.25, -0.2) is 0 Å². The number of pyridine rings is 1. The molecule has 0 radical (unpaired) electrons. The normalized spacial score (nSPS) is 10.2. The summed E-state index contributed by atoms with van der Waals surface area (Å²) in [7, 11) is 0. The van der Waals surface area contributed by atoms with Crippen LogP contribution in [-0.2, 0) is 6.54 Å². The van der Waals surface area contributed by atoms with Gasteiger partial charge in [0.05, 0.1) is 6.07 Å². The highest BCUT2D eigenvalue weighted by atomic mass is 19.1. The molecule has 0 aliphatic rings. The Balaban J connectivity index is 2.25. The Labute approximate surface area is 87.8 Å². The minimum absolute atomic E-state index is 0.321. The third kappa shape index (κ3) is 2.31. The summed E-state index contributed by atoms with van der Waals surface area (Å²) in [6.45, 7) is 0.521. The molecule has 0 amide bonds. The lowest BCUT2D eigenvalue weighted by Gasteiger charge is -1.99. The predicted octanol–water partition coefficient (Wildman–Crippen LogP) is 1.74. The SMILES string of the molecule is Nc1cc[n+](Cc2ccccc2)c(F)c1. The largest absolute Gasteiger partial charge is 0.398 e. The quantitative estimate of drug-likeness (QED) is 0.584. The molecule has 2 N–H and O–H groups in total. The maximum Gasteiger partial charge on any atom is 0.361 e. The van der Waals surface area contributed by atoms with E-state index in [4.69, 9.17) is 5.73 Å². The van der Waals surface area contributed by atoms with Crippen molar-refractivity contribution in [2.24, 2.45) is 0 Å². The summed E-state index contributed by atoms with van der Waals surface area (Å²) in [5, 5.41) is 0. The average Bonchev–Trinajstić information content (AvgIpc) is 2.24. The molecule has 0 fully saturated rings. The molecule has 0 saturated carbocycles. The summed E-state index contributed by atoms with van der Waals surface area (Å²) in [5.74, 6) is -0.321. The van der Waals surface area contributed by atoms with Crippen LogP contribution in [0.5, 0.6) is 0 Å². The lowest BCUT2D eigenvalue weighted by molar-refractivity contribution is -0.715. The third-order valence-electron chi connectivity index (χ3n) is 2.20. The Morgan fingerprint density at radius 3 is 2.53 bits per heavy atom. The number of aromatic nitrogens is 1. The molecule has 0 aliphatic carbocycles. The third-order valence-corrected chi connectivity index (χ3v) is 2.20. The van der Waals surface area contributed by atoms with E-state index in [1.165, 1.54) is 10.6 Å². The van der Waals surface area contributed by atoms with Gasteiger partial charge in [-0.3, -0.25) is 0 Å². The standard InChI is InChI=1S/C12H11FN2/c13-12-8-11(14)6-7-15(12)9-10-4-2-1-3-5-10/h1-8,14H,9H2/p+1. The van der Waals surface area contributed by atoms with E-state index in [9.17, 15) is 4.39 Å². The van der Waals surface area contributed by atoms with Gasteiger partial charge in [0.2, 0.25) is 0 Å². The van der Waals surface area contributed by atoms with Crippen LogP contribution in [0.3, 0.4) is 0 Å². The molecule has 2 nitrogen and oxygen atoms in total. The van der Waals surface area contributed by atoms with Crippen molar-refractivity contribution in [3.63, 3.8) is 0 Å². The zero-order chi connectivity index (χ0) is 10.7.